The fraction of sp³-hybridized carbons (Fsp3) is 0.333. The van der Waals surface area contributed by atoms with Crippen molar-refractivity contribution < 1.29 is 23.8 Å². The Bertz CT molecular complexity index is 1250. The minimum absolute atomic E-state index is 0.00153. The van der Waals surface area contributed by atoms with Gasteiger partial charge in [0.1, 0.15) is 6.61 Å². The number of dihydropyridines is 1. The molecule has 2 aromatic carbocycles. The first kappa shape index (κ1) is 22.5. The highest BCUT2D eigenvalue weighted by atomic mass is 35.5. The first-order valence-electron chi connectivity index (χ1n) is 11.3. The zero-order chi connectivity index (χ0) is 24.0. The number of benzene rings is 2. The quantitative estimate of drug-likeness (QED) is 0.590. The summed E-state index contributed by atoms with van der Waals surface area (Å²) in [5, 5.41) is 3.75. The summed E-state index contributed by atoms with van der Waals surface area (Å²) in [6.45, 7) is 6.21. The number of carbonyl (C=O) groups excluding carboxylic acids is 2. The fourth-order valence-electron chi connectivity index (χ4n) is 4.97. The number of hydrogen-bond acceptors (Lipinski definition) is 6. The largest absolute Gasteiger partial charge is 0.457 e. The molecule has 7 heteroatoms. The van der Waals surface area contributed by atoms with Crippen LogP contribution in [0.5, 0.6) is 11.5 Å². The molecule has 2 aliphatic heterocycles. The van der Waals surface area contributed by atoms with E-state index in [4.69, 9.17) is 25.8 Å². The van der Waals surface area contributed by atoms with E-state index in [1.807, 2.05) is 37.3 Å². The molecule has 1 atom stereocenters. The highest BCUT2D eigenvalue weighted by molar-refractivity contribution is 6.32. The Morgan fingerprint density at radius 3 is 2.59 bits per heavy atom. The van der Waals surface area contributed by atoms with Crippen LogP contribution in [0, 0.1) is 5.41 Å². The number of nitrogens with one attached hydrogen (secondary N) is 1. The molecule has 2 heterocycles. The van der Waals surface area contributed by atoms with E-state index in [-0.39, 0.29) is 24.6 Å². The van der Waals surface area contributed by atoms with Gasteiger partial charge >= 0.3 is 5.97 Å². The summed E-state index contributed by atoms with van der Waals surface area (Å²) < 4.78 is 16.7. The number of carbonyl (C=O) groups is 2. The van der Waals surface area contributed by atoms with Gasteiger partial charge in [0.2, 0.25) is 6.79 Å². The molecule has 0 saturated heterocycles. The van der Waals surface area contributed by atoms with E-state index in [1.165, 1.54) is 0 Å². The smallest absolute Gasteiger partial charge is 0.337 e. The average molecular weight is 480 g/mol. The van der Waals surface area contributed by atoms with E-state index in [9.17, 15) is 9.59 Å². The van der Waals surface area contributed by atoms with Gasteiger partial charge in [-0.3, -0.25) is 4.79 Å². The Morgan fingerprint density at radius 1 is 1.15 bits per heavy atom. The lowest BCUT2D eigenvalue weighted by molar-refractivity contribution is -0.140. The molecular formula is C27H26ClNO5. The van der Waals surface area contributed by atoms with Crippen molar-refractivity contribution in [2.45, 2.75) is 46.1 Å². The summed E-state index contributed by atoms with van der Waals surface area (Å²) in [5.74, 6) is -0.0690. The second kappa shape index (κ2) is 8.51. The first-order chi connectivity index (χ1) is 16.2. The van der Waals surface area contributed by atoms with Gasteiger partial charge in [-0.2, -0.15) is 0 Å². The molecule has 0 spiro atoms. The number of halogens is 1. The minimum atomic E-state index is -0.662. The lowest BCUT2D eigenvalue weighted by atomic mass is 9.68. The van der Waals surface area contributed by atoms with Gasteiger partial charge in [-0.05, 0) is 36.0 Å². The predicted octanol–water partition coefficient (Wildman–Crippen LogP) is 5.42. The third-order valence-electron chi connectivity index (χ3n) is 6.48. The van der Waals surface area contributed by atoms with Gasteiger partial charge in [0.25, 0.3) is 0 Å². The SMILES string of the molecule is CC1=C(C(=O)OCc2ccccc2)C(c2cc3c(cc2Cl)OCO3)C2=C(CC(C)(C)CC2=O)N1. The molecule has 0 aromatic heterocycles. The van der Waals surface area contributed by atoms with Crippen LogP contribution in [0.3, 0.4) is 0 Å². The molecule has 176 valence electrons. The summed E-state index contributed by atoms with van der Waals surface area (Å²) in [5.41, 5.74) is 3.75. The number of Topliss-reactive ketones (excluding diaryl/α,β-unsaturated/α-hetero) is 1. The maximum atomic E-state index is 13.5. The van der Waals surface area contributed by atoms with E-state index >= 15 is 0 Å². The van der Waals surface area contributed by atoms with Crippen molar-refractivity contribution in [1.82, 2.24) is 5.32 Å². The van der Waals surface area contributed by atoms with Crippen molar-refractivity contribution >= 4 is 23.4 Å². The third kappa shape index (κ3) is 4.07. The van der Waals surface area contributed by atoms with Gasteiger partial charge in [0.05, 0.1) is 5.57 Å². The standard InChI is InChI=1S/C27H26ClNO5/c1-15-23(26(31)32-13-16-7-5-4-6-8-16)24(17-9-21-22(10-18(17)28)34-14-33-21)25-19(29-15)11-27(2,3)12-20(25)30/h4-10,24,29H,11-14H2,1-3H3. The third-order valence-corrected chi connectivity index (χ3v) is 6.80. The number of allylic oxidation sites excluding steroid dienone is 3. The molecule has 5 rings (SSSR count). The summed E-state index contributed by atoms with van der Waals surface area (Å²) in [6, 6.07) is 12.9. The average Bonchev–Trinajstić information content (AvgIpc) is 3.23. The molecule has 1 N–H and O–H groups in total. The highest BCUT2D eigenvalue weighted by Gasteiger charge is 2.44. The number of ketones is 1. The predicted molar refractivity (Wildman–Crippen MR) is 127 cm³/mol. The van der Waals surface area contributed by atoms with Crippen molar-refractivity contribution in [3.8, 4) is 11.5 Å². The van der Waals surface area contributed by atoms with Gasteiger partial charge < -0.3 is 19.5 Å². The van der Waals surface area contributed by atoms with E-state index in [0.717, 1.165) is 11.3 Å². The lowest BCUT2D eigenvalue weighted by Crippen LogP contribution is -2.38. The lowest BCUT2D eigenvalue weighted by Gasteiger charge is -2.39. The summed E-state index contributed by atoms with van der Waals surface area (Å²) in [7, 11) is 0. The van der Waals surface area contributed by atoms with Crippen molar-refractivity contribution in [3.05, 3.63) is 81.2 Å². The van der Waals surface area contributed by atoms with Crippen LogP contribution < -0.4 is 14.8 Å². The zero-order valence-electron chi connectivity index (χ0n) is 19.4. The minimum Gasteiger partial charge on any atom is -0.457 e. The molecule has 6 nitrogen and oxygen atoms in total. The second-order valence-corrected chi connectivity index (χ2v) is 10.1. The number of esters is 1. The van der Waals surface area contributed by atoms with Gasteiger partial charge in [-0.15, -0.1) is 0 Å². The molecule has 1 aliphatic carbocycles. The van der Waals surface area contributed by atoms with Gasteiger partial charge in [-0.25, -0.2) is 4.79 Å². The molecule has 0 fully saturated rings. The van der Waals surface area contributed by atoms with Crippen LogP contribution in [-0.2, 0) is 20.9 Å². The normalized spacial score (nSPS) is 20.7. The topological polar surface area (TPSA) is 73.9 Å². The van der Waals surface area contributed by atoms with E-state index in [1.54, 1.807) is 12.1 Å². The van der Waals surface area contributed by atoms with E-state index < -0.39 is 11.9 Å². The van der Waals surface area contributed by atoms with Crippen LogP contribution in [0.25, 0.3) is 0 Å². The van der Waals surface area contributed by atoms with Crippen molar-refractivity contribution in [2.24, 2.45) is 5.41 Å². The number of ether oxygens (including phenoxy) is 3. The maximum Gasteiger partial charge on any atom is 0.337 e. The first-order valence-corrected chi connectivity index (χ1v) is 11.7. The monoisotopic (exact) mass is 479 g/mol. The molecule has 0 saturated carbocycles. The van der Waals surface area contributed by atoms with Crippen LogP contribution >= 0.6 is 11.6 Å². The summed E-state index contributed by atoms with van der Waals surface area (Å²) in [4.78, 5) is 26.9. The van der Waals surface area contributed by atoms with E-state index in [2.05, 4.69) is 19.2 Å². The molecule has 34 heavy (non-hydrogen) atoms. The number of hydrogen-bond donors (Lipinski definition) is 1. The van der Waals surface area contributed by atoms with Crippen LogP contribution in [0.2, 0.25) is 5.02 Å². The van der Waals surface area contributed by atoms with Gasteiger partial charge in [0, 0.05) is 40.4 Å². The van der Waals surface area contributed by atoms with Crippen molar-refractivity contribution in [2.75, 3.05) is 6.79 Å². The Morgan fingerprint density at radius 2 is 1.85 bits per heavy atom. The van der Waals surface area contributed by atoms with Crippen molar-refractivity contribution in [3.63, 3.8) is 0 Å². The zero-order valence-corrected chi connectivity index (χ0v) is 20.1. The number of rotatable bonds is 4. The molecule has 0 bridgehead atoms. The Balaban J connectivity index is 1.59. The highest BCUT2D eigenvalue weighted by Crippen LogP contribution is 2.50. The second-order valence-electron chi connectivity index (χ2n) is 9.72. The Kier molecular flexibility index (Phi) is 5.64. The van der Waals surface area contributed by atoms with E-state index in [0.29, 0.717) is 51.8 Å². The van der Waals surface area contributed by atoms with Crippen LogP contribution in [0.4, 0.5) is 0 Å². The molecule has 2 aromatic rings. The van der Waals surface area contributed by atoms with Gasteiger partial charge in [-0.1, -0.05) is 55.8 Å². The Labute approximate surface area is 203 Å². The molecule has 0 amide bonds. The van der Waals surface area contributed by atoms with Crippen molar-refractivity contribution in [1.29, 1.82) is 0 Å². The van der Waals surface area contributed by atoms with Crippen LogP contribution in [0.1, 0.15) is 50.7 Å². The Hall–Kier alpha value is -3.25. The van der Waals surface area contributed by atoms with Crippen LogP contribution in [-0.4, -0.2) is 18.5 Å². The maximum absolute atomic E-state index is 13.5. The fourth-order valence-corrected chi connectivity index (χ4v) is 5.24. The summed E-state index contributed by atoms with van der Waals surface area (Å²) in [6.07, 6.45) is 1.08. The van der Waals surface area contributed by atoms with Crippen LogP contribution in [0.15, 0.2) is 65.0 Å². The molecule has 1 unspecified atom stereocenters. The molecule has 3 aliphatic rings. The molecule has 0 radical (unpaired) electrons. The molecular weight excluding hydrogens is 454 g/mol. The summed E-state index contributed by atoms with van der Waals surface area (Å²) >= 11 is 6.70. The van der Waals surface area contributed by atoms with Gasteiger partial charge in [0.15, 0.2) is 17.3 Å². The number of fused-ring (bicyclic) bond motifs is 1.